The Bertz CT molecular complexity index is 457. The Morgan fingerprint density at radius 3 is 2.75 bits per heavy atom. The van der Waals surface area contributed by atoms with Crippen LogP contribution in [0.3, 0.4) is 0 Å². The Morgan fingerprint density at radius 2 is 2.00 bits per heavy atom. The molecule has 20 heavy (non-hydrogen) atoms. The van der Waals surface area contributed by atoms with Crippen molar-refractivity contribution in [1.29, 1.82) is 0 Å². The van der Waals surface area contributed by atoms with Gasteiger partial charge in [0.1, 0.15) is 0 Å². The summed E-state index contributed by atoms with van der Waals surface area (Å²) in [5.74, 6) is 2.01. The Morgan fingerprint density at radius 1 is 1.25 bits per heavy atom. The van der Waals surface area contributed by atoms with Gasteiger partial charge in [0.25, 0.3) is 5.91 Å². The van der Waals surface area contributed by atoms with E-state index in [4.69, 9.17) is 9.47 Å². The van der Waals surface area contributed by atoms with E-state index in [9.17, 15) is 4.79 Å². The lowest BCUT2D eigenvalue weighted by molar-refractivity contribution is 0.0952. The number of carbonyl (C=O) groups is 1. The van der Waals surface area contributed by atoms with Crippen LogP contribution in [0.15, 0.2) is 18.2 Å². The van der Waals surface area contributed by atoms with E-state index in [1.807, 2.05) is 6.07 Å². The predicted octanol–water partition coefficient (Wildman–Crippen LogP) is 3.01. The van der Waals surface area contributed by atoms with E-state index in [-0.39, 0.29) is 5.91 Å². The third kappa shape index (κ3) is 4.15. The van der Waals surface area contributed by atoms with Gasteiger partial charge in [-0.1, -0.05) is 13.8 Å². The van der Waals surface area contributed by atoms with Crippen molar-refractivity contribution in [3.63, 3.8) is 0 Å². The number of hydrogen-bond acceptors (Lipinski definition) is 3. The summed E-state index contributed by atoms with van der Waals surface area (Å²) in [6, 6.07) is 5.35. The summed E-state index contributed by atoms with van der Waals surface area (Å²) in [7, 11) is 0. The van der Waals surface area contributed by atoms with Crippen LogP contribution >= 0.6 is 0 Å². The first-order chi connectivity index (χ1) is 9.66. The molecule has 0 bridgehead atoms. The molecule has 0 aromatic heterocycles. The normalized spacial score (nSPS) is 13.9. The molecule has 0 aliphatic carbocycles. The Hall–Kier alpha value is -1.71. The summed E-state index contributed by atoms with van der Waals surface area (Å²) in [5, 5.41) is 2.94. The van der Waals surface area contributed by atoms with Crippen LogP contribution in [0.2, 0.25) is 0 Å². The lowest BCUT2D eigenvalue weighted by Crippen LogP contribution is -2.24. The maximum absolute atomic E-state index is 12.1. The third-order valence-electron chi connectivity index (χ3n) is 3.25. The smallest absolute Gasteiger partial charge is 0.251 e. The predicted molar refractivity (Wildman–Crippen MR) is 78.5 cm³/mol. The molecule has 4 heteroatoms. The fourth-order valence-corrected chi connectivity index (χ4v) is 2.12. The molecule has 0 saturated heterocycles. The molecule has 110 valence electrons. The van der Waals surface area contributed by atoms with E-state index in [2.05, 4.69) is 19.2 Å². The molecule has 1 aromatic rings. The van der Waals surface area contributed by atoms with Gasteiger partial charge in [-0.3, -0.25) is 4.79 Å². The summed E-state index contributed by atoms with van der Waals surface area (Å²) in [6.07, 6.45) is 3.00. The van der Waals surface area contributed by atoms with E-state index in [1.165, 1.54) is 0 Å². The number of amides is 1. The summed E-state index contributed by atoms with van der Waals surface area (Å²) in [5.41, 5.74) is 0.624. The molecule has 1 amide bonds. The molecule has 1 N–H and O–H groups in total. The number of carbonyl (C=O) groups excluding carboxylic acids is 1. The van der Waals surface area contributed by atoms with E-state index in [1.54, 1.807) is 12.1 Å². The van der Waals surface area contributed by atoms with Crippen LogP contribution in [0.1, 0.15) is 43.5 Å². The van der Waals surface area contributed by atoms with Crippen LogP contribution < -0.4 is 14.8 Å². The topological polar surface area (TPSA) is 47.6 Å². The first kappa shape index (κ1) is 14.7. The van der Waals surface area contributed by atoms with Gasteiger partial charge in [-0.25, -0.2) is 0 Å². The maximum atomic E-state index is 12.1. The van der Waals surface area contributed by atoms with Crippen molar-refractivity contribution in [2.24, 2.45) is 5.92 Å². The molecule has 0 fully saturated rings. The zero-order valence-electron chi connectivity index (χ0n) is 12.3. The van der Waals surface area contributed by atoms with Crippen molar-refractivity contribution in [1.82, 2.24) is 5.32 Å². The molecule has 0 spiro atoms. The zero-order chi connectivity index (χ0) is 14.4. The molecular formula is C16H23NO3. The molecule has 4 nitrogen and oxygen atoms in total. The third-order valence-corrected chi connectivity index (χ3v) is 3.25. The number of hydrogen-bond donors (Lipinski definition) is 1. The minimum atomic E-state index is -0.0515. The molecule has 0 radical (unpaired) electrons. The lowest BCUT2D eigenvalue weighted by Gasteiger charge is -2.10. The van der Waals surface area contributed by atoms with Gasteiger partial charge >= 0.3 is 0 Å². The average Bonchev–Trinajstić information content (AvgIpc) is 2.67. The first-order valence-corrected chi connectivity index (χ1v) is 7.34. The van der Waals surface area contributed by atoms with Gasteiger partial charge in [-0.05, 0) is 37.0 Å². The van der Waals surface area contributed by atoms with E-state index >= 15 is 0 Å². The number of rotatable bonds is 5. The number of nitrogens with one attached hydrogen (secondary N) is 1. The molecular weight excluding hydrogens is 254 g/mol. The van der Waals surface area contributed by atoms with Gasteiger partial charge in [0.05, 0.1) is 13.2 Å². The summed E-state index contributed by atoms with van der Waals surface area (Å²) < 4.78 is 11.1. The van der Waals surface area contributed by atoms with Crippen molar-refractivity contribution in [3.05, 3.63) is 23.8 Å². The molecule has 0 saturated carbocycles. The molecule has 1 heterocycles. The number of fused-ring (bicyclic) bond motifs is 1. The molecule has 1 aromatic carbocycles. The maximum Gasteiger partial charge on any atom is 0.251 e. The number of ether oxygens (including phenoxy) is 2. The van der Waals surface area contributed by atoms with Crippen LogP contribution in [-0.2, 0) is 0 Å². The Balaban J connectivity index is 1.91. The summed E-state index contributed by atoms with van der Waals surface area (Å²) >= 11 is 0. The largest absolute Gasteiger partial charge is 0.490 e. The van der Waals surface area contributed by atoms with Gasteiger partial charge < -0.3 is 14.8 Å². The van der Waals surface area contributed by atoms with Crippen LogP contribution in [0.4, 0.5) is 0 Å². The SMILES string of the molecule is CC(C)CCCNC(=O)c1ccc2c(c1)OCCCO2. The van der Waals surface area contributed by atoms with Crippen molar-refractivity contribution in [2.45, 2.75) is 33.1 Å². The minimum Gasteiger partial charge on any atom is -0.490 e. The highest BCUT2D eigenvalue weighted by Gasteiger charge is 2.13. The average molecular weight is 277 g/mol. The molecule has 2 rings (SSSR count). The Kier molecular flexibility index (Phi) is 5.27. The van der Waals surface area contributed by atoms with Crippen molar-refractivity contribution in [3.8, 4) is 11.5 Å². The second-order valence-electron chi connectivity index (χ2n) is 5.50. The van der Waals surface area contributed by atoms with E-state index in [0.717, 1.165) is 25.0 Å². The second-order valence-corrected chi connectivity index (χ2v) is 5.50. The standard InChI is InChI=1S/C16H23NO3/c1-12(2)5-3-8-17-16(18)13-6-7-14-15(11-13)20-10-4-9-19-14/h6-7,11-12H,3-5,8-10H2,1-2H3,(H,17,18). The first-order valence-electron chi connectivity index (χ1n) is 7.34. The quantitative estimate of drug-likeness (QED) is 0.842. The van der Waals surface area contributed by atoms with Gasteiger partial charge in [-0.15, -0.1) is 0 Å². The molecule has 1 aliphatic rings. The molecule has 1 aliphatic heterocycles. The lowest BCUT2D eigenvalue weighted by atomic mass is 10.1. The van der Waals surface area contributed by atoms with Crippen molar-refractivity contribution >= 4 is 5.91 Å². The fourth-order valence-electron chi connectivity index (χ4n) is 2.12. The van der Waals surface area contributed by atoms with Crippen molar-refractivity contribution < 1.29 is 14.3 Å². The van der Waals surface area contributed by atoms with Gasteiger partial charge in [-0.2, -0.15) is 0 Å². The zero-order valence-corrected chi connectivity index (χ0v) is 12.3. The monoisotopic (exact) mass is 277 g/mol. The van der Waals surface area contributed by atoms with Crippen LogP contribution in [-0.4, -0.2) is 25.7 Å². The highest BCUT2D eigenvalue weighted by atomic mass is 16.5. The summed E-state index contributed by atoms with van der Waals surface area (Å²) in [6.45, 7) is 6.38. The summed E-state index contributed by atoms with van der Waals surface area (Å²) in [4.78, 5) is 12.1. The highest BCUT2D eigenvalue weighted by Crippen LogP contribution is 2.30. The molecule has 0 unspecified atom stereocenters. The van der Waals surface area contributed by atoms with Crippen LogP contribution in [0.25, 0.3) is 0 Å². The van der Waals surface area contributed by atoms with Crippen LogP contribution in [0, 0.1) is 5.92 Å². The molecule has 0 atom stereocenters. The fraction of sp³-hybridized carbons (Fsp3) is 0.562. The second kappa shape index (κ2) is 7.17. The Labute approximate surface area is 120 Å². The van der Waals surface area contributed by atoms with E-state index < -0.39 is 0 Å². The minimum absolute atomic E-state index is 0.0515. The highest BCUT2D eigenvalue weighted by molar-refractivity contribution is 5.94. The van der Waals surface area contributed by atoms with Crippen molar-refractivity contribution in [2.75, 3.05) is 19.8 Å². The number of benzene rings is 1. The van der Waals surface area contributed by atoms with Gasteiger partial charge in [0.15, 0.2) is 11.5 Å². The van der Waals surface area contributed by atoms with E-state index in [0.29, 0.717) is 37.0 Å². The van der Waals surface area contributed by atoms with Crippen LogP contribution in [0.5, 0.6) is 11.5 Å². The van der Waals surface area contributed by atoms with Gasteiger partial charge in [0, 0.05) is 18.5 Å². The van der Waals surface area contributed by atoms with Gasteiger partial charge in [0.2, 0.25) is 0 Å².